The van der Waals surface area contributed by atoms with E-state index < -0.39 is 28.5 Å². The van der Waals surface area contributed by atoms with E-state index in [1.807, 2.05) is 13.8 Å². The summed E-state index contributed by atoms with van der Waals surface area (Å²) in [5.74, 6) is -0.974. The molecule has 0 aromatic heterocycles. The van der Waals surface area contributed by atoms with Crippen LogP contribution in [0.2, 0.25) is 15.1 Å². The van der Waals surface area contributed by atoms with Crippen LogP contribution in [0.15, 0.2) is 36.4 Å². The molecule has 0 aliphatic heterocycles. The van der Waals surface area contributed by atoms with Crippen molar-refractivity contribution in [3.8, 4) is 0 Å². The molecule has 0 saturated heterocycles. The maximum atomic E-state index is 13.6. The van der Waals surface area contributed by atoms with E-state index in [-0.39, 0.29) is 24.2 Å². The lowest BCUT2D eigenvalue weighted by atomic mass is 10.1. The van der Waals surface area contributed by atoms with Gasteiger partial charge in [0.2, 0.25) is 21.8 Å². The third-order valence-electron chi connectivity index (χ3n) is 5.75. The summed E-state index contributed by atoms with van der Waals surface area (Å²) in [5.41, 5.74) is 1.24. The number of carbonyl (C=O) groups is 2. The van der Waals surface area contributed by atoms with Crippen molar-refractivity contribution in [3.05, 3.63) is 62.6 Å². The first-order valence-corrected chi connectivity index (χ1v) is 14.0. The van der Waals surface area contributed by atoms with Crippen LogP contribution in [0, 0.1) is 6.92 Å². The third kappa shape index (κ3) is 7.49. The molecule has 2 atom stereocenters. The van der Waals surface area contributed by atoms with E-state index in [4.69, 9.17) is 34.8 Å². The smallest absolute Gasteiger partial charge is 0.244 e. The molecule has 2 rings (SSSR count). The number of carbonyl (C=O) groups excluding carboxylic acids is 2. The van der Waals surface area contributed by atoms with Gasteiger partial charge in [-0.2, -0.15) is 0 Å². The molecule has 7 nitrogen and oxygen atoms in total. The van der Waals surface area contributed by atoms with Crippen molar-refractivity contribution in [2.45, 2.75) is 52.7 Å². The summed E-state index contributed by atoms with van der Waals surface area (Å²) in [6.45, 7) is 6.41. The fraction of sp³-hybridized carbons (Fsp3) is 0.417. The molecule has 0 saturated carbocycles. The molecule has 2 aromatic rings. The van der Waals surface area contributed by atoms with Crippen LogP contribution in [-0.2, 0) is 26.2 Å². The molecule has 0 radical (unpaired) electrons. The van der Waals surface area contributed by atoms with Gasteiger partial charge in [-0.1, -0.05) is 53.9 Å². The van der Waals surface area contributed by atoms with Crippen molar-refractivity contribution in [3.63, 3.8) is 0 Å². The summed E-state index contributed by atoms with van der Waals surface area (Å²) in [7, 11) is -3.87. The second-order valence-electron chi connectivity index (χ2n) is 8.37. The molecule has 1 N–H and O–H groups in total. The molecular formula is C24H30Cl3N3O4S. The lowest BCUT2D eigenvalue weighted by Gasteiger charge is -2.32. The van der Waals surface area contributed by atoms with E-state index in [2.05, 4.69) is 5.32 Å². The Morgan fingerprint density at radius 2 is 1.54 bits per heavy atom. The second-order valence-corrected chi connectivity index (χ2v) is 11.5. The van der Waals surface area contributed by atoms with Gasteiger partial charge in [0.15, 0.2) is 0 Å². The predicted octanol–water partition coefficient (Wildman–Crippen LogP) is 5.05. The predicted molar refractivity (Wildman–Crippen MR) is 143 cm³/mol. The topological polar surface area (TPSA) is 86.8 Å². The second kappa shape index (κ2) is 12.3. The summed E-state index contributed by atoms with van der Waals surface area (Å²) < 4.78 is 26.4. The number of sulfonamides is 1. The Morgan fingerprint density at radius 1 is 1.00 bits per heavy atom. The zero-order valence-corrected chi connectivity index (χ0v) is 23.4. The molecule has 0 heterocycles. The molecular weight excluding hydrogens is 533 g/mol. The Bertz CT molecular complexity index is 1170. The van der Waals surface area contributed by atoms with E-state index in [0.717, 1.165) is 10.6 Å². The third-order valence-corrected chi connectivity index (χ3v) is 7.99. The highest BCUT2D eigenvalue weighted by atomic mass is 35.5. The van der Waals surface area contributed by atoms with E-state index in [9.17, 15) is 18.0 Å². The maximum Gasteiger partial charge on any atom is 0.244 e. The normalized spacial score (nSPS) is 13.1. The van der Waals surface area contributed by atoms with Gasteiger partial charge < -0.3 is 10.2 Å². The van der Waals surface area contributed by atoms with Gasteiger partial charge in [-0.3, -0.25) is 13.9 Å². The summed E-state index contributed by atoms with van der Waals surface area (Å²) in [5, 5.41) is 3.89. The molecule has 0 spiro atoms. The number of hydrogen-bond acceptors (Lipinski definition) is 4. The zero-order chi connectivity index (χ0) is 26.5. The van der Waals surface area contributed by atoms with Gasteiger partial charge in [0, 0.05) is 33.2 Å². The van der Waals surface area contributed by atoms with Crippen LogP contribution in [0.3, 0.4) is 0 Å². The molecule has 35 heavy (non-hydrogen) atoms. The fourth-order valence-electron chi connectivity index (χ4n) is 3.36. The van der Waals surface area contributed by atoms with Crippen LogP contribution in [0.5, 0.6) is 0 Å². The lowest BCUT2D eigenvalue weighted by Crippen LogP contribution is -2.52. The Labute approximate surface area is 222 Å². The molecule has 11 heteroatoms. The molecule has 2 aromatic carbocycles. The van der Waals surface area contributed by atoms with Gasteiger partial charge in [-0.15, -0.1) is 0 Å². The van der Waals surface area contributed by atoms with Crippen LogP contribution in [0.1, 0.15) is 38.3 Å². The number of amides is 2. The molecule has 0 bridgehead atoms. The number of anilines is 1. The van der Waals surface area contributed by atoms with Gasteiger partial charge in [0.05, 0.1) is 11.9 Å². The van der Waals surface area contributed by atoms with E-state index in [1.54, 1.807) is 50.2 Å². The monoisotopic (exact) mass is 561 g/mol. The highest BCUT2D eigenvalue weighted by Crippen LogP contribution is 2.30. The summed E-state index contributed by atoms with van der Waals surface area (Å²) in [6, 6.07) is 8.72. The first-order chi connectivity index (χ1) is 16.3. The van der Waals surface area contributed by atoms with Crippen molar-refractivity contribution >= 4 is 62.3 Å². The van der Waals surface area contributed by atoms with Crippen LogP contribution in [0.25, 0.3) is 0 Å². The number of halogens is 3. The Morgan fingerprint density at radius 3 is 2.09 bits per heavy atom. The minimum atomic E-state index is -3.87. The van der Waals surface area contributed by atoms with Crippen molar-refractivity contribution in [2.75, 3.05) is 17.1 Å². The molecule has 0 fully saturated rings. The largest absolute Gasteiger partial charge is 0.352 e. The quantitative estimate of drug-likeness (QED) is 0.439. The first-order valence-electron chi connectivity index (χ1n) is 11.0. The van der Waals surface area contributed by atoms with Crippen molar-refractivity contribution in [1.29, 1.82) is 0 Å². The molecule has 192 valence electrons. The maximum absolute atomic E-state index is 13.6. The Hall–Kier alpha value is -2.00. The van der Waals surface area contributed by atoms with Crippen LogP contribution in [-0.4, -0.2) is 50.0 Å². The Balaban J connectivity index is 2.49. The van der Waals surface area contributed by atoms with E-state index in [1.165, 1.54) is 4.90 Å². The van der Waals surface area contributed by atoms with Crippen molar-refractivity contribution < 1.29 is 18.0 Å². The van der Waals surface area contributed by atoms with Crippen LogP contribution < -0.4 is 9.62 Å². The summed E-state index contributed by atoms with van der Waals surface area (Å²) >= 11 is 18.9. The standard InChI is InChI=1S/C24H30Cl3N3O4S/c1-6-15(2)28-24(32)17(4)29(13-18-20(26)10-7-11-21(18)27)23(31)14-30(35(5,33)34)22-12-8-9-19(25)16(22)3/h7-12,15,17H,6,13-14H2,1-5H3,(H,28,32). The average molecular weight is 563 g/mol. The number of nitrogens with one attached hydrogen (secondary N) is 1. The molecule has 0 aliphatic carbocycles. The minimum absolute atomic E-state index is 0.0848. The zero-order valence-electron chi connectivity index (χ0n) is 20.3. The fourth-order valence-corrected chi connectivity index (χ4v) is 4.95. The summed E-state index contributed by atoms with van der Waals surface area (Å²) in [6.07, 6.45) is 1.72. The molecule has 0 aliphatic rings. The van der Waals surface area contributed by atoms with Crippen LogP contribution >= 0.6 is 34.8 Å². The highest BCUT2D eigenvalue weighted by Gasteiger charge is 2.31. The van der Waals surface area contributed by atoms with Gasteiger partial charge in [0.25, 0.3) is 0 Å². The van der Waals surface area contributed by atoms with Gasteiger partial charge in [-0.05, 0) is 57.0 Å². The van der Waals surface area contributed by atoms with E-state index in [0.29, 0.717) is 32.6 Å². The molecule has 2 amide bonds. The van der Waals surface area contributed by atoms with Crippen molar-refractivity contribution in [2.24, 2.45) is 0 Å². The van der Waals surface area contributed by atoms with Gasteiger partial charge >= 0.3 is 0 Å². The highest BCUT2D eigenvalue weighted by molar-refractivity contribution is 7.92. The first kappa shape index (κ1) is 29.2. The lowest BCUT2D eigenvalue weighted by molar-refractivity contribution is -0.139. The molecule has 2 unspecified atom stereocenters. The number of nitrogens with zero attached hydrogens (tertiary/aromatic N) is 2. The number of benzene rings is 2. The van der Waals surface area contributed by atoms with E-state index >= 15 is 0 Å². The average Bonchev–Trinajstić information content (AvgIpc) is 2.78. The van der Waals surface area contributed by atoms with Crippen LogP contribution in [0.4, 0.5) is 5.69 Å². The number of rotatable bonds is 10. The van der Waals surface area contributed by atoms with Gasteiger partial charge in [0.1, 0.15) is 12.6 Å². The summed E-state index contributed by atoms with van der Waals surface area (Å²) in [4.78, 5) is 27.8. The van der Waals surface area contributed by atoms with Gasteiger partial charge in [-0.25, -0.2) is 8.42 Å². The Kier molecular flexibility index (Phi) is 10.3. The minimum Gasteiger partial charge on any atom is -0.352 e. The van der Waals surface area contributed by atoms with Crippen molar-refractivity contribution in [1.82, 2.24) is 10.2 Å². The number of hydrogen-bond donors (Lipinski definition) is 1. The SMILES string of the molecule is CCC(C)NC(=O)C(C)N(Cc1c(Cl)cccc1Cl)C(=O)CN(c1cccc(Cl)c1C)S(C)(=O)=O.